The minimum absolute atomic E-state index is 0.0318. The van der Waals surface area contributed by atoms with E-state index in [0.717, 1.165) is 12.1 Å². The summed E-state index contributed by atoms with van der Waals surface area (Å²) in [6, 6.07) is 11.1. The van der Waals surface area contributed by atoms with E-state index in [9.17, 15) is 13.7 Å². The fourth-order valence-corrected chi connectivity index (χ4v) is 1.73. The Kier molecular flexibility index (Phi) is 4.30. The van der Waals surface area contributed by atoms with Crippen molar-refractivity contribution in [3.8, 4) is 0 Å². The largest absolute Gasteiger partial charge is 0.288 e. The average molecular weight is 290 g/mol. The molecule has 20 heavy (non-hydrogen) atoms. The second-order valence-electron chi connectivity index (χ2n) is 3.76. The normalized spacial score (nSPS) is 9.70. The molecule has 0 aliphatic rings. The van der Waals surface area contributed by atoms with E-state index >= 15 is 0 Å². The molecule has 0 radical (unpaired) electrons. The van der Waals surface area contributed by atoms with Gasteiger partial charge in [0.15, 0.2) is 0 Å². The number of halogens is 2. The zero-order chi connectivity index (χ0) is 14.5. The van der Waals surface area contributed by atoms with Gasteiger partial charge in [-0.2, -0.15) is 4.99 Å². The third-order valence-electron chi connectivity index (χ3n) is 2.54. The Morgan fingerprint density at radius 1 is 1.15 bits per heavy atom. The van der Waals surface area contributed by atoms with Crippen molar-refractivity contribution in [2.45, 2.75) is 0 Å². The molecule has 0 heterocycles. The number of benzene rings is 2. The number of carbonyl (C=O) groups excluding carboxylic acids is 1. The SMILES string of the molecule is O=C(c1ccccc1N=C=S)N(F)c1ccccc1F. The summed E-state index contributed by atoms with van der Waals surface area (Å²) in [4.78, 5) is 15.7. The highest BCUT2D eigenvalue weighted by molar-refractivity contribution is 7.78. The molecule has 0 unspecified atom stereocenters. The van der Waals surface area contributed by atoms with Crippen LogP contribution < -0.4 is 5.12 Å². The molecule has 0 saturated heterocycles. The molecule has 0 atom stereocenters. The number of thiocarbonyl (C=S) groups is 1. The Bertz CT molecular complexity index is 699. The van der Waals surface area contributed by atoms with Crippen molar-refractivity contribution in [1.82, 2.24) is 0 Å². The van der Waals surface area contributed by atoms with Crippen molar-refractivity contribution in [2.24, 2.45) is 4.99 Å². The van der Waals surface area contributed by atoms with Crippen LogP contribution in [0.5, 0.6) is 0 Å². The van der Waals surface area contributed by atoms with Gasteiger partial charge < -0.3 is 0 Å². The fraction of sp³-hybridized carbons (Fsp3) is 0. The molecule has 0 spiro atoms. The Morgan fingerprint density at radius 2 is 1.80 bits per heavy atom. The van der Waals surface area contributed by atoms with Crippen LogP contribution >= 0.6 is 12.2 Å². The lowest BCUT2D eigenvalue weighted by Crippen LogP contribution is -2.23. The summed E-state index contributed by atoms with van der Waals surface area (Å²) in [5, 5.41) is 1.85. The van der Waals surface area contributed by atoms with Gasteiger partial charge in [0.1, 0.15) is 11.5 Å². The number of para-hydroxylation sites is 2. The van der Waals surface area contributed by atoms with Crippen LogP contribution in [0.15, 0.2) is 53.5 Å². The van der Waals surface area contributed by atoms with Gasteiger partial charge in [0.2, 0.25) is 0 Å². The number of hydrogen-bond acceptors (Lipinski definition) is 3. The van der Waals surface area contributed by atoms with Crippen molar-refractivity contribution >= 4 is 34.7 Å². The second kappa shape index (κ2) is 6.14. The minimum Gasteiger partial charge on any atom is -0.266 e. The van der Waals surface area contributed by atoms with Gasteiger partial charge in [-0.15, -0.1) is 5.12 Å². The fourth-order valence-electron chi connectivity index (χ4n) is 1.63. The number of rotatable bonds is 3. The van der Waals surface area contributed by atoms with E-state index in [1.165, 1.54) is 24.3 Å². The van der Waals surface area contributed by atoms with E-state index < -0.39 is 17.4 Å². The summed E-state index contributed by atoms with van der Waals surface area (Å²) in [5.41, 5.74) is -0.319. The maximum atomic E-state index is 14.1. The number of isothiocyanates is 1. The summed E-state index contributed by atoms with van der Waals surface area (Å²) in [6.45, 7) is 0. The molecule has 0 saturated carbocycles. The molecule has 0 N–H and O–H groups in total. The standard InChI is InChI=1S/C14H8F2N2OS/c15-11-6-2-4-8-13(11)18(16)14(19)10-5-1-3-7-12(10)17-9-20/h1-8H. The zero-order valence-corrected chi connectivity index (χ0v) is 10.9. The Morgan fingerprint density at radius 3 is 2.50 bits per heavy atom. The summed E-state index contributed by atoms with van der Waals surface area (Å²) in [5.74, 6) is -1.86. The molecular weight excluding hydrogens is 282 g/mol. The predicted octanol–water partition coefficient (Wildman–Crippen LogP) is 4.09. The van der Waals surface area contributed by atoms with E-state index in [1.54, 1.807) is 12.1 Å². The highest BCUT2D eigenvalue weighted by Gasteiger charge is 2.22. The highest BCUT2D eigenvalue weighted by Crippen LogP contribution is 2.25. The molecule has 3 nitrogen and oxygen atoms in total. The smallest absolute Gasteiger partial charge is 0.266 e. The number of amides is 1. The summed E-state index contributed by atoms with van der Waals surface area (Å²) < 4.78 is 27.5. The van der Waals surface area contributed by atoms with Gasteiger partial charge in [-0.3, -0.25) is 4.79 Å². The molecule has 0 aliphatic carbocycles. The van der Waals surface area contributed by atoms with Crippen molar-refractivity contribution in [1.29, 1.82) is 0 Å². The van der Waals surface area contributed by atoms with Gasteiger partial charge in [0, 0.05) is 0 Å². The van der Waals surface area contributed by atoms with Gasteiger partial charge >= 0.3 is 0 Å². The quantitative estimate of drug-likeness (QED) is 0.484. The topological polar surface area (TPSA) is 32.7 Å². The van der Waals surface area contributed by atoms with Crippen LogP contribution in [0.3, 0.4) is 0 Å². The zero-order valence-electron chi connectivity index (χ0n) is 10.1. The minimum atomic E-state index is -1.03. The summed E-state index contributed by atoms with van der Waals surface area (Å²) in [7, 11) is 0. The Hall–Kier alpha value is -2.43. The van der Waals surface area contributed by atoms with Crippen molar-refractivity contribution in [3.63, 3.8) is 0 Å². The van der Waals surface area contributed by atoms with Gasteiger partial charge in [-0.1, -0.05) is 28.7 Å². The van der Waals surface area contributed by atoms with Crippen molar-refractivity contribution < 1.29 is 13.7 Å². The first-order valence-electron chi connectivity index (χ1n) is 5.57. The third-order valence-corrected chi connectivity index (χ3v) is 2.63. The number of hydrogen-bond donors (Lipinski definition) is 0. The molecule has 0 fully saturated rings. The van der Waals surface area contributed by atoms with Crippen LogP contribution in [0.1, 0.15) is 10.4 Å². The van der Waals surface area contributed by atoms with E-state index in [4.69, 9.17) is 0 Å². The monoisotopic (exact) mass is 290 g/mol. The predicted molar refractivity (Wildman–Crippen MR) is 75.4 cm³/mol. The van der Waals surface area contributed by atoms with Gasteiger partial charge in [0.05, 0.1) is 16.4 Å². The maximum absolute atomic E-state index is 14.1. The van der Waals surface area contributed by atoms with E-state index in [2.05, 4.69) is 22.4 Å². The molecular formula is C14H8F2N2OS. The first-order valence-corrected chi connectivity index (χ1v) is 5.97. The van der Waals surface area contributed by atoms with Crippen molar-refractivity contribution in [3.05, 3.63) is 59.9 Å². The summed E-state index contributed by atoms with van der Waals surface area (Å²) in [6.07, 6.45) is 0. The second-order valence-corrected chi connectivity index (χ2v) is 3.94. The average Bonchev–Trinajstić information content (AvgIpc) is 2.47. The van der Waals surface area contributed by atoms with Crippen LogP contribution in [0.4, 0.5) is 20.2 Å². The summed E-state index contributed by atoms with van der Waals surface area (Å²) >= 11 is 4.46. The Labute approximate surface area is 119 Å². The van der Waals surface area contributed by atoms with Gasteiger partial charge in [-0.25, -0.2) is 4.39 Å². The number of nitrogens with zero attached hydrogens (tertiary/aromatic N) is 2. The van der Waals surface area contributed by atoms with Crippen LogP contribution in [-0.4, -0.2) is 11.1 Å². The lowest BCUT2D eigenvalue weighted by molar-refractivity contribution is 0.0930. The molecule has 0 aromatic heterocycles. The maximum Gasteiger partial charge on any atom is 0.288 e. The number of carbonyl (C=O) groups is 1. The molecule has 2 aromatic carbocycles. The lowest BCUT2D eigenvalue weighted by atomic mass is 10.1. The number of anilines is 1. The molecule has 2 aromatic rings. The van der Waals surface area contributed by atoms with Crippen LogP contribution in [-0.2, 0) is 0 Å². The van der Waals surface area contributed by atoms with Crippen LogP contribution in [0.2, 0.25) is 0 Å². The first-order chi connectivity index (χ1) is 9.65. The van der Waals surface area contributed by atoms with Crippen LogP contribution in [0.25, 0.3) is 0 Å². The first kappa shape index (κ1) is 14.0. The molecule has 100 valence electrons. The number of aliphatic imine (C=N–C) groups is 1. The van der Waals surface area contributed by atoms with Crippen molar-refractivity contribution in [2.75, 3.05) is 5.12 Å². The molecule has 2 rings (SSSR count). The van der Waals surface area contributed by atoms with E-state index in [1.807, 2.05) is 0 Å². The molecule has 0 aliphatic heterocycles. The Balaban J connectivity index is 2.42. The lowest BCUT2D eigenvalue weighted by Gasteiger charge is -2.13. The van der Waals surface area contributed by atoms with Gasteiger partial charge in [-0.05, 0) is 36.5 Å². The van der Waals surface area contributed by atoms with E-state index in [0.29, 0.717) is 0 Å². The molecule has 0 bridgehead atoms. The van der Waals surface area contributed by atoms with Gasteiger partial charge in [0.25, 0.3) is 5.91 Å². The van der Waals surface area contributed by atoms with Crippen LogP contribution in [0, 0.1) is 5.82 Å². The third kappa shape index (κ3) is 2.77. The highest BCUT2D eigenvalue weighted by atomic mass is 32.1. The van der Waals surface area contributed by atoms with E-state index in [-0.39, 0.29) is 16.4 Å². The molecule has 6 heteroatoms. The molecule has 1 amide bonds.